The van der Waals surface area contributed by atoms with Gasteiger partial charge >= 0.3 is 5.97 Å². The monoisotopic (exact) mass is 267 g/mol. The molecule has 0 unspecified atom stereocenters. The van der Waals surface area contributed by atoms with E-state index in [1.807, 2.05) is 54.6 Å². The Morgan fingerprint density at radius 3 is 2.50 bits per heavy atom. The zero-order valence-corrected chi connectivity index (χ0v) is 10.7. The van der Waals surface area contributed by atoms with E-state index in [2.05, 4.69) is 4.98 Å². The van der Waals surface area contributed by atoms with Crippen LogP contribution in [0.15, 0.2) is 54.6 Å². The highest BCUT2D eigenvalue weighted by Crippen LogP contribution is 2.30. The van der Waals surface area contributed by atoms with E-state index in [1.165, 1.54) is 0 Å². The molecule has 2 aromatic carbocycles. The number of para-hydroxylation sites is 1. The van der Waals surface area contributed by atoms with E-state index >= 15 is 0 Å². The molecule has 0 amide bonds. The molecule has 1 heterocycles. The van der Waals surface area contributed by atoms with Gasteiger partial charge in [0.15, 0.2) is 11.4 Å². The average molecular weight is 267 g/mol. The first-order valence-corrected chi connectivity index (χ1v) is 6.26. The number of carboxylic acids is 1. The van der Waals surface area contributed by atoms with E-state index < -0.39 is 5.97 Å². The summed E-state index contributed by atoms with van der Waals surface area (Å²) in [7, 11) is 0. The van der Waals surface area contributed by atoms with Crippen LogP contribution in [0.2, 0.25) is 0 Å². The molecule has 0 aliphatic carbocycles. The summed E-state index contributed by atoms with van der Waals surface area (Å²) in [5.41, 5.74) is 1.84. The Hall–Kier alpha value is -2.75. The molecular formula is C16H13NO3. The third-order valence-electron chi connectivity index (χ3n) is 3.10. The predicted molar refractivity (Wildman–Crippen MR) is 76.0 cm³/mol. The second kappa shape index (κ2) is 5.09. The third-order valence-corrected chi connectivity index (χ3v) is 3.10. The number of carbonyl (C=O) groups is 1. The molecule has 2 N–H and O–H groups in total. The summed E-state index contributed by atoms with van der Waals surface area (Å²) in [6.45, 7) is 0.336. The van der Waals surface area contributed by atoms with Crippen molar-refractivity contribution in [1.82, 2.24) is 4.98 Å². The maximum Gasteiger partial charge on any atom is 0.356 e. The Labute approximate surface area is 115 Å². The minimum absolute atomic E-state index is 0.0853. The molecular weight excluding hydrogens is 254 g/mol. The van der Waals surface area contributed by atoms with Crippen molar-refractivity contribution < 1.29 is 14.6 Å². The third kappa shape index (κ3) is 2.23. The Balaban J connectivity index is 1.97. The summed E-state index contributed by atoms with van der Waals surface area (Å²) in [4.78, 5) is 14.2. The van der Waals surface area contributed by atoms with Crippen molar-refractivity contribution in [1.29, 1.82) is 0 Å². The van der Waals surface area contributed by atoms with Crippen LogP contribution in [-0.4, -0.2) is 16.1 Å². The van der Waals surface area contributed by atoms with Crippen LogP contribution in [-0.2, 0) is 6.61 Å². The molecule has 3 rings (SSSR count). The van der Waals surface area contributed by atoms with Crippen LogP contribution in [0.5, 0.6) is 5.75 Å². The summed E-state index contributed by atoms with van der Waals surface area (Å²) >= 11 is 0. The van der Waals surface area contributed by atoms with Crippen molar-refractivity contribution in [3.8, 4) is 5.75 Å². The zero-order valence-electron chi connectivity index (χ0n) is 10.7. The van der Waals surface area contributed by atoms with Gasteiger partial charge in [-0.1, -0.05) is 42.5 Å². The van der Waals surface area contributed by atoms with Gasteiger partial charge < -0.3 is 14.8 Å². The van der Waals surface area contributed by atoms with E-state index in [1.54, 1.807) is 0 Å². The molecule has 0 spiro atoms. The van der Waals surface area contributed by atoms with Crippen LogP contribution in [0, 0.1) is 0 Å². The lowest BCUT2D eigenvalue weighted by atomic mass is 10.2. The number of rotatable bonds is 4. The first-order valence-electron chi connectivity index (χ1n) is 6.26. The van der Waals surface area contributed by atoms with Gasteiger partial charge in [-0.15, -0.1) is 0 Å². The molecule has 0 aliphatic heterocycles. The smallest absolute Gasteiger partial charge is 0.356 e. The molecule has 4 heteroatoms. The van der Waals surface area contributed by atoms with E-state index in [-0.39, 0.29) is 5.69 Å². The van der Waals surface area contributed by atoms with Crippen molar-refractivity contribution in [2.75, 3.05) is 0 Å². The second-order valence-corrected chi connectivity index (χ2v) is 4.45. The van der Waals surface area contributed by atoms with Crippen LogP contribution in [0.1, 0.15) is 16.1 Å². The lowest BCUT2D eigenvalue weighted by Crippen LogP contribution is -2.02. The maximum atomic E-state index is 11.3. The second-order valence-electron chi connectivity index (χ2n) is 4.45. The lowest BCUT2D eigenvalue weighted by Gasteiger charge is -2.06. The van der Waals surface area contributed by atoms with Crippen LogP contribution < -0.4 is 4.74 Å². The molecule has 0 radical (unpaired) electrons. The highest BCUT2D eigenvalue weighted by molar-refractivity contribution is 6.00. The number of nitrogens with one attached hydrogen (secondary N) is 1. The number of H-pyrrole nitrogens is 1. The van der Waals surface area contributed by atoms with Crippen molar-refractivity contribution in [3.63, 3.8) is 0 Å². The molecule has 20 heavy (non-hydrogen) atoms. The van der Waals surface area contributed by atoms with E-state index in [9.17, 15) is 9.90 Å². The highest BCUT2D eigenvalue weighted by Gasteiger charge is 2.18. The van der Waals surface area contributed by atoms with Gasteiger partial charge in [0.05, 0.1) is 0 Å². The number of benzene rings is 2. The van der Waals surface area contributed by atoms with Crippen molar-refractivity contribution in [2.45, 2.75) is 6.61 Å². The SMILES string of the molecule is O=C(O)c1[nH]c2ccccc2c1OCc1ccccc1. The normalized spacial score (nSPS) is 10.6. The van der Waals surface area contributed by atoms with Gasteiger partial charge in [0.1, 0.15) is 6.61 Å². The molecule has 100 valence electrons. The van der Waals surface area contributed by atoms with Gasteiger partial charge in [-0.2, -0.15) is 0 Å². The summed E-state index contributed by atoms with van der Waals surface area (Å²) < 4.78 is 5.73. The number of aromatic nitrogens is 1. The highest BCUT2D eigenvalue weighted by atomic mass is 16.5. The largest absolute Gasteiger partial charge is 0.486 e. The topological polar surface area (TPSA) is 62.3 Å². The van der Waals surface area contributed by atoms with E-state index in [4.69, 9.17) is 4.74 Å². The Bertz CT molecular complexity index is 747. The number of hydrogen-bond donors (Lipinski definition) is 2. The van der Waals surface area contributed by atoms with E-state index in [0.29, 0.717) is 12.4 Å². The first kappa shape index (κ1) is 12.3. The fraction of sp³-hybridized carbons (Fsp3) is 0.0625. The van der Waals surface area contributed by atoms with Gasteiger partial charge in [0, 0.05) is 10.9 Å². The number of aromatic amines is 1. The number of carboxylic acid groups (broad SMARTS) is 1. The summed E-state index contributed by atoms with van der Waals surface area (Å²) in [6, 6.07) is 17.0. The number of hydrogen-bond acceptors (Lipinski definition) is 2. The quantitative estimate of drug-likeness (QED) is 0.761. The van der Waals surface area contributed by atoms with Gasteiger partial charge in [0.25, 0.3) is 0 Å². The number of aromatic carboxylic acids is 1. The van der Waals surface area contributed by atoms with Crippen molar-refractivity contribution in [2.24, 2.45) is 0 Å². The van der Waals surface area contributed by atoms with Gasteiger partial charge in [-0.25, -0.2) is 4.79 Å². The molecule has 0 saturated heterocycles. The molecule has 0 aliphatic rings. The molecule has 0 fully saturated rings. The van der Waals surface area contributed by atoms with Gasteiger partial charge in [-0.05, 0) is 17.7 Å². The van der Waals surface area contributed by atoms with Crippen LogP contribution in [0.3, 0.4) is 0 Å². The Kier molecular flexibility index (Phi) is 3.13. The van der Waals surface area contributed by atoms with Crippen LogP contribution >= 0.6 is 0 Å². The predicted octanol–water partition coefficient (Wildman–Crippen LogP) is 3.45. The molecule has 1 aromatic heterocycles. The van der Waals surface area contributed by atoms with Gasteiger partial charge in [-0.3, -0.25) is 0 Å². The summed E-state index contributed by atoms with van der Waals surface area (Å²) in [5, 5.41) is 10.0. The summed E-state index contributed by atoms with van der Waals surface area (Å²) in [6.07, 6.45) is 0. The molecule has 0 saturated carbocycles. The lowest BCUT2D eigenvalue weighted by molar-refractivity contribution is 0.0686. The Morgan fingerprint density at radius 1 is 1.05 bits per heavy atom. The molecule has 0 atom stereocenters. The Morgan fingerprint density at radius 2 is 1.75 bits per heavy atom. The first-order chi connectivity index (χ1) is 9.75. The maximum absolute atomic E-state index is 11.3. The minimum atomic E-state index is -1.02. The van der Waals surface area contributed by atoms with Gasteiger partial charge in [0.2, 0.25) is 0 Å². The van der Waals surface area contributed by atoms with Crippen molar-refractivity contribution in [3.05, 3.63) is 65.9 Å². The minimum Gasteiger partial charge on any atom is -0.486 e. The van der Waals surface area contributed by atoms with Crippen LogP contribution in [0.25, 0.3) is 10.9 Å². The zero-order chi connectivity index (χ0) is 13.9. The summed E-state index contributed by atoms with van der Waals surface area (Å²) in [5.74, 6) is -0.638. The molecule has 3 aromatic rings. The fourth-order valence-electron chi connectivity index (χ4n) is 2.15. The molecule has 4 nitrogen and oxygen atoms in total. The fourth-order valence-corrected chi connectivity index (χ4v) is 2.15. The van der Waals surface area contributed by atoms with Crippen molar-refractivity contribution >= 4 is 16.9 Å². The van der Waals surface area contributed by atoms with Crippen LogP contribution in [0.4, 0.5) is 0 Å². The molecule has 0 bridgehead atoms. The number of fused-ring (bicyclic) bond motifs is 1. The average Bonchev–Trinajstić information content (AvgIpc) is 2.85. The number of ether oxygens (including phenoxy) is 1. The standard InChI is InChI=1S/C16H13NO3/c18-16(19)14-15(12-8-4-5-9-13(12)17-14)20-10-11-6-2-1-3-7-11/h1-9,17H,10H2,(H,18,19). The van der Waals surface area contributed by atoms with E-state index in [0.717, 1.165) is 16.5 Å².